The summed E-state index contributed by atoms with van der Waals surface area (Å²) in [4.78, 5) is 30.2. The minimum atomic E-state index is -0.963. The largest absolute Gasteiger partial charge is 0.478 e. The van der Waals surface area contributed by atoms with Gasteiger partial charge in [0.2, 0.25) is 0 Å². The molecule has 1 aromatic carbocycles. The number of nitrogens with one attached hydrogen (secondary N) is 1. The molecule has 0 aliphatic heterocycles. The third kappa shape index (κ3) is 3.61. The number of carbonyl (C=O) groups is 2. The fourth-order valence-corrected chi connectivity index (χ4v) is 1.69. The Hall–Kier alpha value is -2.76. The van der Waals surface area contributed by atoms with Gasteiger partial charge in [0.1, 0.15) is 5.69 Å². The van der Waals surface area contributed by atoms with Gasteiger partial charge in [-0.15, -0.1) is 0 Å². The Morgan fingerprint density at radius 1 is 1.25 bits per heavy atom. The van der Waals surface area contributed by atoms with Crippen LogP contribution in [0.15, 0.2) is 42.9 Å². The van der Waals surface area contributed by atoms with Crippen LogP contribution in [-0.4, -0.2) is 33.5 Å². The monoisotopic (exact) mass is 271 g/mol. The molecule has 0 unspecified atom stereocenters. The van der Waals surface area contributed by atoms with Crippen LogP contribution in [0.4, 0.5) is 0 Å². The number of aromatic nitrogens is 2. The van der Waals surface area contributed by atoms with Crippen LogP contribution >= 0.6 is 0 Å². The number of aromatic carboxylic acids is 1. The van der Waals surface area contributed by atoms with Gasteiger partial charge >= 0.3 is 5.97 Å². The fraction of sp³-hybridized carbons (Fsp3) is 0.143. The van der Waals surface area contributed by atoms with Crippen LogP contribution in [0.1, 0.15) is 26.4 Å². The highest BCUT2D eigenvalue weighted by Gasteiger charge is 2.07. The van der Waals surface area contributed by atoms with Crippen molar-refractivity contribution >= 4 is 11.9 Å². The maximum absolute atomic E-state index is 11.7. The van der Waals surface area contributed by atoms with Crippen LogP contribution < -0.4 is 5.32 Å². The molecule has 1 aromatic heterocycles. The molecule has 0 aliphatic rings. The minimum absolute atomic E-state index is 0.239. The normalized spacial score (nSPS) is 10.0. The predicted molar refractivity (Wildman–Crippen MR) is 71.5 cm³/mol. The van der Waals surface area contributed by atoms with E-state index in [1.165, 1.54) is 24.7 Å². The van der Waals surface area contributed by atoms with Crippen molar-refractivity contribution in [3.63, 3.8) is 0 Å². The lowest BCUT2D eigenvalue weighted by Gasteiger charge is -2.05. The molecule has 1 heterocycles. The molecule has 2 rings (SSSR count). The summed E-state index contributed by atoms with van der Waals surface area (Å²) in [5, 5.41) is 11.6. The van der Waals surface area contributed by atoms with E-state index in [0.717, 1.165) is 5.56 Å². The maximum atomic E-state index is 11.7. The first-order chi connectivity index (χ1) is 9.66. The van der Waals surface area contributed by atoms with Crippen molar-refractivity contribution in [1.82, 2.24) is 15.3 Å². The zero-order chi connectivity index (χ0) is 14.4. The molecule has 6 nitrogen and oxygen atoms in total. The highest BCUT2D eigenvalue weighted by molar-refractivity contribution is 5.91. The minimum Gasteiger partial charge on any atom is -0.478 e. The molecule has 0 bridgehead atoms. The second-order valence-corrected chi connectivity index (χ2v) is 4.10. The van der Waals surface area contributed by atoms with Crippen LogP contribution in [0, 0.1) is 0 Å². The zero-order valence-corrected chi connectivity index (χ0v) is 10.6. The van der Waals surface area contributed by atoms with Crippen LogP contribution in [0.5, 0.6) is 0 Å². The molecule has 0 aliphatic carbocycles. The first-order valence-electron chi connectivity index (χ1n) is 6.03. The molecule has 20 heavy (non-hydrogen) atoms. The summed E-state index contributed by atoms with van der Waals surface area (Å²) in [5.41, 5.74) is 1.35. The lowest BCUT2D eigenvalue weighted by atomic mass is 10.1. The number of nitrogens with zero attached hydrogens (tertiary/aromatic N) is 2. The molecule has 2 N–H and O–H groups in total. The van der Waals surface area contributed by atoms with Crippen molar-refractivity contribution in [1.29, 1.82) is 0 Å². The number of benzene rings is 1. The lowest BCUT2D eigenvalue weighted by molar-refractivity contribution is 0.0696. The van der Waals surface area contributed by atoms with Gasteiger partial charge in [0.25, 0.3) is 5.91 Å². The van der Waals surface area contributed by atoms with Crippen molar-refractivity contribution < 1.29 is 14.7 Å². The Morgan fingerprint density at radius 3 is 2.80 bits per heavy atom. The first kappa shape index (κ1) is 13.7. The third-order valence-electron chi connectivity index (χ3n) is 2.67. The van der Waals surface area contributed by atoms with Crippen LogP contribution in [0.3, 0.4) is 0 Å². The quantitative estimate of drug-likeness (QED) is 0.851. The van der Waals surface area contributed by atoms with Gasteiger partial charge in [0.05, 0.1) is 11.8 Å². The van der Waals surface area contributed by atoms with Gasteiger partial charge in [-0.2, -0.15) is 0 Å². The number of carboxylic acid groups (broad SMARTS) is 1. The molecule has 2 aromatic rings. The fourth-order valence-electron chi connectivity index (χ4n) is 1.69. The van der Waals surface area contributed by atoms with Gasteiger partial charge in [-0.25, -0.2) is 9.78 Å². The van der Waals surface area contributed by atoms with E-state index in [-0.39, 0.29) is 17.2 Å². The Bertz CT molecular complexity index is 614. The van der Waals surface area contributed by atoms with Crippen LogP contribution in [-0.2, 0) is 6.42 Å². The van der Waals surface area contributed by atoms with E-state index in [9.17, 15) is 9.59 Å². The van der Waals surface area contributed by atoms with E-state index in [2.05, 4.69) is 15.3 Å². The lowest BCUT2D eigenvalue weighted by Crippen LogP contribution is -2.26. The molecule has 1 amide bonds. The number of rotatable bonds is 5. The highest BCUT2D eigenvalue weighted by atomic mass is 16.4. The summed E-state index contributed by atoms with van der Waals surface area (Å²) in [6.45, 7) is 0.401. The Morgan fingerprint density at radius 2 is 2.10 bits per heavy atom. The average Bonchev–Trinajstić information content (AvgIpc) is 2.48. The van der Waals surface area contributed by atoms with Crippen molar-refractivity contribution in [2.75, 3.05) is 6.54 Å². The van der Waals surface area contributed by atoms with E-state index < -0.39 is 5.97 Å². The number of carboxylic acids is 1. The molecule has 0 atom stereocenters. The molecule has 6 heteroatoms. The maximum Gasteiger partial charge on any atom is 0.335 e. The van der Waals surface area contributed by atoms with Gasteiger partial charge in [-0.1, -0.05) is 12.1 Å². The van der Waals surface area contributed by atoms with Crippen LogP contribution in [0.25, 0.3) is 0 Å². The van der Waals surface area contributed by atoms with E-state index in [1.807, 2.05) is 6.07 Å². The summed E-state index contributed by atoms with van der Waals surface area (Å²) >= 11 is 0. The topological polar surface area (TPSA) is 92.2 Å². The summed E-state index contributed by atoms with van der Waals surface area (Å²) in [5.74, 6) is -1.26. The van der Waals surface area contributed by atoms with Crippen molar-refractivity contribution in [3.05, 3.63) is 59.7 Å². The molecule has 102 valence electrons. The first-order valence-corrected chi connectivity index (χ1v) is 6.03. The number of amides is 1. The molecular formula is C14H13N3O3. The molecule has 0 saturated carbocycles. The van der Waals surface area contributed by atoms with Gasteiger partial charge < -0.3 is 10.4 Å². The molecular weight excluding hydrogens is 258 g/mol. The van der Waals surface area contributed by atoms with Crippen molar-refractivity contribution in [2.45, 2.75) is 6.42 Å². The van der Waals surface area contributed by atoms with E-state index in [0.29, 0.717) is 13.0 Å². The molecule has 0 fully saturated rings. The van der Waals surface area contributed by atoms with Gasteiger partial charge in [0, 0.05) is 18.9 Å². The van der Waals surface area contributed by atoms with Gasteiger partial charge in [-0.05, 0) is 24.1 Å². The number of carbonyl (C=O) groups excluding carboxylic acids is 1. The Labute approximate surface area is 115 Å². The van der Waals surface area contributed by atoms with E-state index in [4.69, 9.17) is 5.11 Å². The average molecular weight is 271 g/mol. The second kappa shape index (κ2) is 6.42. The van der Waals surface area contributed by atoms with Crippen LogP contribution in [0.2, 0.25) is 0 Å². The summed E-state index contributed by atoms with van der Waals surface area (Å²) in [7, 11) is 0. The van der Waals surface area contributed by atoms with E-state index in [1.54, 1.807) is 12.1 Å². The smallest absolute Gasteiger partial charge is 0.335 e. The molecule has 0 spiro atoms. The standard InChI is InChI=1S/C14H13N3O3/c18-13(12-9-15-6-7-16-12)17-5-4-10-2-1-3-11(8-10)14(19)20/h1-3,6-9H,4-5H2,(H,17,18)(H,19,20). The molecule has 0 saturated heterocycles. The number of hydrogen-bond donors (Lipinski definition) is 2. The summed E-state index contributed by atoms with van der Waals surface area (Å²) < 4.78 is 0. The Kier molecular flexibility index (Phi) is 4.39. The third-order valence-corrected chi connectivity index (χ3v) is 2.67. The molecule has 0 radical (unpaired) electrons. The summed E-state index contributed by atoms with van der Waals surface area (Å²) in [6.07, 6.45) is 4.88. The predicted octanol–water partition coefficient (Wildman–Crippen LogP) is 1.15. The van der Waals surface area contributed by atoms with Crippen molar-refractivity contribution in [2.24, 2.45) is 0 Å². The number of hydrogen-bond acceptors (Lipinski definition) is 4. The second-order valence-electron chi connectivity index (χ2n) is 4.10. The van der Waals surface area contributed by atoms with Gasteiger partial charge in [0.15, 0.2) is 0 Å². The van der Waals surface area contributed by atoms with E-state index >= 15 is 0 Å². The highest BCUT2D eigenvalue weighted by Crippen LogP contribution is 2.05. The summed E-state index contributed by atoms with van der Waals surface area (Å²) in [6, 6.07) is 6.63. The SMILES string of the molecule is O=C(O)c1cccc(CCNC(=O)c2cnccn2)c1. The van der Waals surface area contributed by atoms with Crippen molar-refractivity contribution in [3.8, 4) is 0 Å². The van der Waals surface area contributed by atoms with Gasteiger partial charge in [-0.3, -0.25) is 9.78 Å². The zero-order valence-electron chi connectivity index (χ0n) is 10.6. The Balaban J connectivity index is 1.89.